The monoisotopic (exact) mass is 310 g/mol. The second kappa shape index (κ2) is 5.89. The van der Waals surface area contributed by atoms with Gasteiger partial charge in [0.25, 0.3) is 0 Å². The van der Waals surface area contributed by atoms with Crippen molar-refractivity contribution in [3.05, 3.63) is 35.1 Å². The second-order valence-corrected chi connectivity index (χ2v) is 5.22. The van der Waals surface area contributed by atoms with Crippen molar-refractivity contribution < 1.29 is 8.78 Å². The summed E-state index contributed by atoms with van der Waals surface area (Å²) in [6, 6.07) is 3.88. The molecule has 3 rings (SSSR count). The van der Waals surface area contributed by atoms with Gasteiger partial charge in [-0.15, -0.1) is 0 Å². The maximum absolute atomic E-state index is 13.9. The Kier molecular flexibility index (Phi) is 3.96. The summed E-state index contributed by atoms with van der Waals surface area (Å²) in [7, 11) is 0. The number of rotatable bonds is 2. The molecule has 1 aromatic carbocycles. The average molecular weight is 311 g/mol. The lowest BCUT2D eigenvalue weighted by Crippen LogP contribution is -2.31. The molecule has 1 aliphatic rings. The van der Waals surface area contributed by atoms with Gasteiger partial charge in [-0.3, -0.25) is 0 Å². The van der Waals surface area contributed by atoms with Crippen LogP contribution in [0.3, 0.4) is 0 Å². The van der Waals surface area contributed by atoms with Crippen LogP contribution in [0, 0.1) is 11.6 Å². The third kappa shape index (κ3) is 2.95. The molecule has 110 valence electrons. The van der Waals surface area contributed by atoms with Gasteiger partial charge in [-0.05, 0) is 43.0 Å². The van der Waals surface area contributed by atoms with Crippen LogP contribution in [0.25, 0.3) is 11.4 Å². The molecule has 2 aromatic rings. The second-order valence-electron chi connectivity index (χ2n) is 4.88. The minimum atomic E-state index is -0.982. The molecular formula is C14H13ClF2N4. The molecule has 7 heteroatoms. The van der Waals surface area contributed by atoms with E-state index >= 15 is 0 Å². The molecule has 0 spiro atoms. The molecule has 1 aromatic heterocycles. The summed E-state index contributed by atoms with van der Waals surface area (Å²) in [5.74, 6) is -1.46. The highest BCUT2D eigenvalue weighted by molar-refractivity contribution is 6.28. The summed E-state index contributed by atoms with van der Waals surface area (Å²) in [5.41, 5.74) is -0.0161. The first kappa shape index (κ1) is 14.1. The third-order valence-electron chi connectivity index (χ3n) is 3.43. The highest BCUT2D eigenvalue weighted by Crippen LogP contribution is 2.25. The highest BCUT2D eigenvalue weighted by atomic mass is 35.5. The van der Waals surface area contributed by atoms with Crippen LogP contribution in [0.2, 0.25) is 5.28 Å². The first-order chi connectivity index (χ1) is 10.1. The molecule has 0 amide bonds. The zero-order valence-corrected chi connectivity index (χ0v) is 11.9. The van der Waals surface area contributed by atoms with Gasteiger partial charge in [0.15, 0.2) is 17.5 Å². The fourth-order valence-electron chi connectivity index (χ4n) is 2.37. The molecule has 0 saturated carbocycles. The van der Waals surface area contributed by atoms with Crippen molar-refractivity contribution in [1.29, 1.82) is 0 Å². The number of nitrogens with zero attached hydrogens (tertiary/aromatic N) is 4. The first-order valence-electron chi connectivity index (χ1n) is 6.76. The number of hydrogen-bond donors (Lipinski definition) is 0. The fraction of sp³-hybridized carbons (Fsp3) is 0.357. The number of halogens is 3. The lowest BCUT2D eigenvalue weighted by atomic mass is 10.1. The maximum Gasteiger partial charge on any atom is 0.230 e. The molecule has 0 aliphatic carbocycles. The number of anilines is 1. The van der Waals surface area contributed by atoms with Crippen LogP contribution in [0.5, 0.6) is 0 Å². The number of piperidine rings is 1. The molecule has 1 fully saturated rings. The van der Waals surface area contributed by atoms with Crippen molar-refractivity contribution in [1.82, 2.24) is 15.0 Å². The van der Waals surface area contributed by atoms with Gasteiger partial charge in [0.2, 0.25) is 11.2 Å². The minimum Gasteiger partial charge on any atom is -0.341 e. The Balaban J connectivity index is 2.03. The van der Waals surface area contributed by atoms with Crippen molar-refractivity contribution in [2.24, 2.45) is 0 Å². The lowest BCUT2D eigenvalue weighted by Gasteiger charge is -2.26. The minimum absolute atomic E-state index is 0.0161. The normalized spacial score (nSPS) is 15.3. The molecule has 21 heavy (non-hydrogen) atoms. The quantitative estimate of drug-likeness (QED) is 0.852. The molecule has 2 heterocycles. The van der Waals surface area contributed by atoms with E-state index in [1.165, 1.54) is 18.6 Å². The van der Waals surface area contributed by atoms with Gasteiger partial charge in [0.1, 0.15) is 0 Å². The molecule has 1 aliphatic heterocycles. The van der Waals surface area contributed by atoms with Gasteiger partial charge >= 0.3 is 0 Å². The number of hydrogen-bond acceptors (Lipinski definition) is 4. The Hall–Kier alpha value is -1.82. The SMILES string of the molecule is Fc1cccc(-c2nc(Cl)nc(N3CCCCC3)n2)c1F. The van der Waals surface area contributed by atoms with E-state index in [-0.39, 0.29) is 16.7 Å². The summed E-state index contributed by atoms with van der Waals surface area (Å²) in [4.78, 5) is 14.2. The van der Waals surface area contributed by atoms with Gasteiger partial charge in [0.05, 0.1) is 5.56 Å². The zero-order chi connectivity index (χ0) is 14.8. The van der Waals surface area contributed by atoms with Crippen LogP contribution in [-0.2, 0) is 0 Å². The van der Waals surface area contributed by atoms with Gasteiger partial charge < -0.3 is 4.90 Å². The Labute approximate surface area is 125 Å². The molecule has 0 N–H and O–H groups in total. The van der Waals surface area contributed by atoms with Gasteiger partial charge in [0, 0.05) is 13.1 Å². The van der Waals surface area contributed by atoms with E-state index in [0.717, 1.165) is 32.0 Å². The maximum atomic E-state index is 13.9. The van der Waals surface area contributed by atoms with Crippen molar-refractivity contribution in [2.45, 2.75) is 19.3 Å². The van der Waals surface area contributed by atoms with E-state index < -0.39 is 11.6 Å². The third-order valence-corrected chi connectivity index (χ3v) is 3.60. The number of benzene rings is 1. The molecule has 1 saturated heterocycles. The summed E-state index contributed by atoms with van der Waals surface area (Å²) in [5, 5.41) is -0.0239. The molecule has 0 radical (unpaired) electrons. The van der Waals surface area contributed by atoms with Crippen LogP contribution in [-0.4, -0.2) is 28.0 Å². The van der Waals surface area contributed by atoms with E-state index in [2.05, 4.69) is 15.0 Å². The predicted molar refractivity (Wildman–Crippen MR) is 76.3 cm³/mol. The van der Waals surface area contributed by atoms with Gasteiger partial charge in [-0.25, -0.2) is 8.78 Å². The van der Waals surface area contributed by atoms with Crippen LogP contribution in [0.15, 0.2) is 18.2 Å². The van der Waals surface area contributed by atoms with Crippen molar-refractivity contribution in [2.75, 3.05) is 18.0 Å². The molecular weight excluding hydrogens is 298 g/mol. The summed E-state index contributed by atoms with van der Waals surface area (Å²) in [6.07, 6.45) is 3.26. The van der Waals surface area contributed by atoms with Gasteiger partial charge in [-0.2, -0.15) is 15.0 Å². The summed E-state index contributed by atoms with van der Waals surface area (Å²) < 4.78 is 27.2. The Morgan fingerprint density at radius 3 is 2.52 bits per heavy atom. The van der Waals surface area contributed by atoms with Crippen LogP contribution in [0.1, 0.15) is 19.3 Å². The molecule has 0 atom stereocenters. The standard InChI is InChI=1S/C14H13ClF2N4/c15-13-18-12(9-5-4-6-10(16)11(9)17)19-14(20-13)21-7-2-1-3-8-21/h4-6H,1-3,7-8H2. The van der Waals surface area contributed by atoms with Crippen molar-refractivity contribution in [3.8, 4) is 11.4 Å². The Morgan fingerprint density at radius 2 is 1.76 bits per heavy atom. The number of aromatic nitrogens is 3. The summed E-state index contributed by atoms with van der Waals surface area (Å²) >= 11 is 5.91. The first-order valence-corrected chi connectivity index (χ1v) is 7.14. The van der Waals surface area contributed by atoms with E-state index in [4.69, 9.17) is 11.6 Å². The lowest BCUT2D eigenvalue weighted by molar-refractivity contribution is 0.510. The van der Waals surface area contributed by atoms with Crippen LogP contribution in [0.4, 0.5) is 14.7 Å². The van der Waals surface area contributed by atoms with Crippen molar-refractivity contribution in [3.63, 3.8) is 0 Å². The van der Waals surface area contributed by atoms with E-state index in [1.807, 2.05) is 4.90 Å². The Morgan fingerprint density at radius 1 is 1.00 bits per heavy atom. The Bertz CT molecular complexity index is 659. The van der Waals surface area contributed by atoms with E-state index in [9.17, 15) is 8.78 Å². The molecule has 0 unspecified atom stereocenters. The fourth-order valence-corrected chi connectivity index (χ4v) is 2.53. The molecule has 4 nitrogen and oxygen atoms in total. The molecule has 0 bridgehead atoms. The average Bonchev–Trinajstić information content (AvgIpc) is 2.50. The zero-order valence-electron chi connectivity index (χ0n) is 11.2. The topological polar surface area (TPSA) is 41.9 Å². The van der Waals surface area contributed by atoms with Crippen LogP contribution >= 0.6 is 11.6 Å². The van der Waals surface area contributed by atoms with Crippen molar-refractivity contribution >= 4 is 17.5 Å². The summed E-state index contributed by atoms with van der Waals surface area (Å²) in [6.45, 7) is 1.65. The highest BCUT2D eigenvalue weighted by Gasteiger charge is 2.18. The largest absolute Gasteiger partial charge is 0.341 e. The predicted octanol–water partition coefficient (Wildman–Crippen LogP) is 3.46. The van der Waals surface area contributed by atoms with Gasteiger partial charge in [-0.1, -0.05) is 6.07 Å². The van der Waals surface area contributed by atoms with Crippen LogP contribution < -0.4 is 4.90 Å². The van der Waals surface area contributed by atoms with E-state index in [0.29, 0.717) is 5.95 Å². The smallest absolute Gasteiger partial charge is 0.230 e. The van der Waals surface area contributed by atoms with E-state index in [1.54, 1.807) is 0 Å².